The van der Waals surface area contributed by atoms with E-state index in [-0.39, 0.29) is 24.7 Å². The Morgan fingerprint density at radius 3 is 2.35 bits per heavy atom. The SMILES string of the molecule is CC(=O)c1ccc(OCCC(=O)Nc2ccc(C)cc2C)cc1. The molecule has 23 heavy (non-hydrogen) atoms. The number of aryl methyl sites for hydroxylation is 2. The molecule has 0 aliphatic carbocycles. The van der Waals surface area contributed by atoms with Gasteiger partial charge in [0.2, 0.25) is 5.91 Å². The van der Waals surface area contributed by atoms with Crippen molar-refractivity contribution in [2.45, 2.75) is 27.2 Å². The maximum atomic E-state index is 11.9. The van der Waals surface area contributed by atoms with E-state index in [0.29, 0.717) is 11.3 Å². The molecule has 0 saturated carbocycles. The van der Waals surface area contributed by atoms with Crippen molar-refractivity contribution in [3.63, 3.8) is 0 Å². The molecule has 0 spiro atoms. The lowest BCUT2D eigenvalue weighted by molar-refractivity contribution is -0.116. The van der Waals surface area contributed by atoms with E-state index < -0.39 is 0 Å². The standard InChI is InChI=1S/C19H21NO3/c1-13-4-9-18(14(2)12-13)20-19(22)10-11-23-17-7-5-16(6-8-17)15(3)21/h4-9,12H,10-11H2,1-3H3,(H,20,22). The van der Waals surface area contributed by atoms with Crippen LogP contribution in [0.25, 0.3) is 0 Å². The first-order valence-electron chi connectivity index (χ1n) is 7.56. The third-order valence-electron chi connectivity index (χ3n) is 3.51. The first kappa shape index (κ1) is 16.7. The Kier molecular flexibility index (Phi) is 5.52. The van der Waals surface area contributed by atoms with Crippen molar-refractivity contribution in [1.82, 2.24) is 0 Å². The van der Waals surface area contributed by atoms with Gasteiger partial charge in [-0.15, -0.1) is 0 Å². The number of rotatable bonds is 6. The van der Waals surface area contributed by atoms with Crippen LogP contribution in [0.4, 0.5) is 5.69 Å². The van der Waals surface area contributed by atoms with Gasteiger partial charge in [0.15, 0.2) is 5.78 Å². The van der Waals surface area contributed by atoms with Gasteiger partial charge < -0.3 is 10.1 Å². The highest BCUT2D eigenvalue weighted by Gasteiger charge is 2.06. The van der Waals surface area contributed by atoms with Crippen LogP contribution in [-0.2, 0) is 4.79 Å². The minimum absolute atomic E-state index is 0.0180. The molecule has 0 heterocycles. The molecule has 0 saturated heterocycles. The molecule has 2 aromatic carbocycles. The fourth-order valence-electron chi connectivity index (χ4n) is 2.21. The van der Waals surface area contributed by atoms with Gasteiger partial charge in [0, 0.05) is 11.3 Å². The number of ether oxygens (including phenoxy) is 1. The number of hydrogen-bond acceptors (Lipinski definition) is 3. The van der Waals surface area contributed by atoms with Crippen molar-refractivity contribution in [3.8, 4) is 5.75 Å². The van der Waals surface area contributed by atoms with Crippen LogP contribution in [0.2, 0.25) is 0 Å². The van der Waals surface area contributed by atoms with Gasteiger partial charge in [-0.2, -0.15) is 0 Å². The summed E-state index contributed by atoms with van der Waals surface area (Å²) in [5, 5.41) is 2.88. The summed E-state index contributed by atoms with van der Waals surface area (Å²) in [6.07, 6.45) is 0.266. The van der Waals surface area contributed by atoms with Gasteiger partial charge in [-0.1, -0.05) is 17.7 Å². The van der Waals surface area contributed by atoms with Crippen LogP contribution in [0.1, 0.15) is 34.8 Å². The maximum absolute atomic E-state index is 11.9. The molecule has 0 aliphatic heterocycles. The van der Waals surface area contributed by atoms with Gasteiger partial charge in [0.05, 0.1) is 13.0 Å². The Morgan fingerprint density at radius 1 is 1.04 bits per heavy atom. The molecule has 0 radical (unpaired) electrons. The predicted molar refractivity (Wildman–Crippen MR) is 91.1 cm³/mol. The van der Waals surface area contributed by atoms with Crippen LogP contribution in [0.3, 0.4) is 0 Å². The summed E-state index contributed by atoms with van der Waals surface area (Å²) in [6, 6.07) is 12.8. The summed E-state index contributed by atoms with van der Waals surface area (Å²) in [6.45, 7) is 5.79. The Labute approximate surface area is 136 Å². The summed E-state index contributed by atoms with van der Waals surface area (Å²) in [5.74, 6) is 0.580. The average molecular weight is 311 g/mol. The fourth-order valence-corrected chi connectivity index (χ4v) is 2.21. The van der Waals surface area contributed by atoms with Gasteiger partial charge in [-0.3, -0.25) is 9.59 Å². The third-order valence-corrected chi connectivity index (χ3v) is 3.51. The Hall–Kier alpha value is -2.62. The first-order valence-corrected chi connectivity index (χ1v) is 7.56. The normalized spacial score (nSPS) is 10.2. The number of amides is 1. The predicted octanol–water partition coefficient (Wildman–Crippen LogP) is 3.91. The zero-order valence-electron chi connectivity index (χ0n) is 13.7. The molecule has 120 valence electrons. The molecular formula is C19H21NO3. The summed E-state index contributed by atoms with van der Waals surface area (Å²) in [7, 11) is 0. The highest BCUT2D eigenvalue weighted by molar-refractivity contribution is 5.94. The molecule has 1 N–H and O–H groups in total. The van der Waals surface area contributed by atoms with E-state index in [9.17, 15) is 9.59 Å². The summed E-state index contributed by atoms with van der Waals surface area (Å²) < 4.78 is 5.53. The molecule has 2 rings (SSSR count). The molecule has 4 heteroatoms. The Balaban J connectivity index is 1.81. The monoisotopic (exact) mass is 311 g/mol. The molecule has 0 bridgehead atoms. The number of Topliss-reactive ketones (excluding diaryl/α,β-unsaturated/α-hetero) is 1. The average Bonchev–Trinajstić information content (AvgIpc) is 2.50. The third kappa shape index (κ3) is 4.95. The molecular weight excluding hydrogens is 290 g/mol. The largest absolute Gasteiger partial charge is 0.493 e. The van der Waals surface area contributed by atoms with Crippen LogP contribution < -0.4 is 10.1 Å². The molecule has 0 atom stereocenters. The van der Waals surface area contributed by atoms with Crippen LogP contribution in [0.15, 0.2) is 42.5 Å². The molecule has 0 fully saturated rings. The zero-order chi connectivity index (χ0) is 16.8. The van der Waals surface area contributed by atoms with Crippen molar-refractivity contribution in [3.05, 3.63) is 59.2 Å². The quantitative estimate of drug-likeness (QED) is 0.823. The van der Waals surface area contributed by atoms with E-state index in [1.54, 1.807) is 24.3 Å². The number of nitrogens with one attached hydrogen (secondary N) is 1. The highest BCUT2D eigenvalue weighted by atomic mass is 16.5. The van der Waals surface area contributed by atoms with E-state index in [4.69, 9.17) is 4.74 Å². The van der Waals surface area contributed by atoms with Crippen LogP contribution in [-0.4, -0.2) is 18.3 Å². The number of benzene rings is 2. The van der Waals surface area contributed by atoms with Crippen LogP contribution in [0.5, 0.6) is 5.75 Å². The first-order chi connectivity index (χ1) is 11.0. The van der Waals surface area contributed by atoms with Gasteiger partial charge in [-0.25, -0.2) is 0 Å². The highest BCUT2D eigenvalue weighted by Crippen LogP contribution is 2.16. The van der Waals surface area contributed by atoms with Crippen molar-refractivity contribution < 1.29 is 14.3 Å². The minimum atomic E-state index is -0.0858. The van der Waals surface area contributed by atoms with Crippen molar-refractivity contribution in [1.29, 1.82) is 0 Å². The van der Waals surface area contributed by atoms with Gasteiger partial charge in [0.1, 0.15) is 5.75 Å². The molecule has 1 amide bonds. The van der Waals surface area contributed by atoms with E-state index in [1.807, 2.05) is 32.0 Å². The zero-order valence-corrected chi connectivity index (χ0v) is 13.7. The van der Waals surface area contributed by atoms with Crippen molar-refractivity contribution >= 4 is 17.4 Å². The topological polar surface area (TPSA) is 55.4 Å². The van der Waals surface area contributed by atoms with E-state index in [0.717, 1.165) is 16.8 Å². The van der Waals surface area contributed by atoms with Crippen molar-refractivity contribution in [2.75, 3.05) is 11.9 Å². The molecule has 4 nitrogen and oxygen atoms in total. The fraction of sp³-hybridized carbons (Fsp3) is 0.263. The molecule has 2 aromatic rings. The maximum Gasteiger partial charge on any atom is 0.227 e. The van der Waals surface area contributed by atoms with E-state index >= 15 is 0 Å². The van der Waals surface area contributed by atoms with Gasteiger partial charge in [-0.05, 0) is 56.7 Å². The van der Waals surface area contributed by atoms with Gasteiger partial charge in [0.25, 0.3) is 0 Å². The molecule has 0 aromatic heterocycles. The number of hydrogen-bond donors (Lipinski definition) is 1. The second-order valence-corrected chi connectivity index (χ2v) is 5.55. The number of anilines is 1. The lowest BCUT2D eigenvalue weighted by Gasteiger charge is -2.10. The second-order valence-electron chi connectivity index (χ2n) is 5.55. The molecule has 0 unspecified atom stereocenters. The number of carbonyl (C=O) groups is 2. The number of ketones is 1. The van der Waals surface area contributed by atoms with E-state index in [2.05, 4.69) is 5.32 Å². The van der Waals surface area contributed by atoms with Crippen LogP contribution >= 0.6 is 0 Å². The molecule has 0 aliphatic rings. The van der Waals surface area contributed by atoms with E-state index in [1.165, 1.54) is 6.92 Å². The van der Waals surface area contributed by atoms with Crippen LogP contribution in [0, 0.1) is 13.8 Å². The second kappa shape index (κ2) is 7.58. The lowest BCUT2D eigenvalue weighted by atomic mass is 10.1. The summed E-state index contributed by atoms with van der Waals surface area (Å²) in [4.78, 5) is 23.1. The van der Waals surface area contributed by atoms with Gasteiger partial charge >= 0.3 is 0 Å². The Bertz CT molecular complexity index is 705. The lowest BCUT2D eigenvalue weighted by Crippen LogP contribution is -2.15. The summed E-state index contributed by atoms with van der Waals surface area (Å²) >= 11 is 0. The smallest absolute Gasteiger partial charge is 0.227 e. The minimum Gasteiger partial charge on any atom is -0.493 e. The Morgan fingerprint density at radius 2 is 1.74 bits per heavy atom. The summed E-state index contributed by atoms with van der Waals surface area (Å²) in [5.41, 5.74) is 3.67. The number of carbonyl (C=O) groups excluding carboxylic acids is 2. The van der Waals surface area contributed by atoms with Crippen molar-refractivity contribution in [2.24, 2.45) is 0 Å².